The van der Waals surface area contributed by atoms with Crippen molar-refractivity contribution in [3.63, 3.8) is 0 Å². The molecular formula is C30H47N3O5. The summed E-state index contributed by atoms with van der Waals surface area (Å²) in [6, 6.07) is 4.17. The fourth-order valence-electron chi connectivity index (χ4n) is 3.99. The van der Waals surface area contributed by atoms with Crippen LogP contribution in [0.4, 0.5) is 5.69 Å². The highest BCUT2D eigenvalue weighted by molar-refractivity contribution is 5.94. The molecule has 1 aromatic heterocycles. The zero-order valence-electron chi connectivity index (χ0n) is 23.9. The molecule has 1 aromatic rings. The van der Waals surface area contributed by atoms with Gasteiger partial charge in [-0.3, -0.25) is 14.7 Å². The largest absolute Gasteiger partial charge is 0.454 e. The van der Waals surface area contributed by atoms with E-state index in [0.717, 1.165) is 75.6 Å². The predicted octanol–water partition coefficient (Wildman–Crippen LogP) is 5.82. The van der Waals surface area contributed by atoms with Crippen molar-refractivity contribution in [2.45, 2.75) is 79.1 Å². The SMILES string of the molecule is C/C=C1/OCO/C1=C/C=C/CCN(CC(=O)N(CCCC)c1cccnc1)[C@@H](C)CC.CCC1OCCO1. The number of allylic oxidation sites excluding steroid dienone is 3. The standard InChI is InChI=1S/C25H37N3O3.C5H10O2/c1-5-8-17-28(22-13-12-15-26-18-22)25(29)19-27(21(4)6-2)16-11-9-10-14-24-23(7-3)30-20-31-24;1-2-5-6-3-4-7-5/h7,9-10,12-15,18,21H,5-6,8,11,16-17,19-20H2,1-4H3;5H,2-4H2,1H3/b10-9+,23-7+,24-14+;/t21-;/m0./s1. The van der Waals surface area contributed by atoms with Gasteiger partial charge in [0.15, 0.2) is 17.8 Å². The van der Waals surface area contributed by atoms with E-state index in [0.29, 0.717) is 12.6 Å². The molecule has 8 heteroatoms. The number of amides is 1. The lowest BCUT2D eigenvalue weighted by Gasteiger charge is -2.30. The van der Waals surface area contributed by atoms with Crippen LogP contribution in [-0.4, -0.2) is 67.8 Å². The Labute approximate surface area is 229 Å². The number of carbonyl (C=O) groups is 1. The van der Waals surface area contributed by atoms with E-state index in [2.05, 4.69) is 43.7 Å². The number of pyridine rings is 1. The van der Waals surface area contributed by atoms with Gasteiger partial charge in [-0.25, -0.2) is 0 Å². The fourth-order valence-corrected chi connectivity index (χ4v) is 3.99. The molecule has 0 aliphatic carbocycles. The first-order valence-electron chi connectivity index (χ1n) is 14.0. The van der Waals surface area contributed by atoms with Crippen LogP contribution in [0.2, 0.25) is 0 Å². The van der Waals surface area contributed by atoms with Crippen LogP contribution >= 0.6 is 0 Å². The summed E-state index contributed by atoms with van der Waals surface area (Å²) in [5.41, 5.74) is 0.870. The van der Waals surface area contributed by atoms with Crippen LogP contribution < -0.4 is 4.90 Å². The molecule has 3 heterocycles. The highest BCUT2D eigenvalue weighted by Crippen LogP contribution is 2.20. The molecule has 212 valence electrons. The minimum Gasteiger partial charge on any atom is -0.454 e. The molecule has 0 bridgehead atoms. The summed E-state index contributed by atoms with van der Waals surface area (Å²) in [5.74, 6) is 1.66. The number of aromatic nitrogens is 1. The number of hydrogen-bond donors (Lipinski definition) is 0. The molecule has 0 saturated carbocycles. The van der Waals surface area contributed by atoms with Crippen molar-refractivity contribution < 1.29 is 23.7 Å². The van der Waals surface area contributed by atoms with Crippen LogP contribution in [0.3, 0.4) is 0 Å². The molecule has 2 aliphatic heterocycles. The lowest BCUT2D eigenvalue weighted by molar-refractivity contribution is -0.120. The number of carbonyl (C=O) groups excluding carboxylic acids is 1. The Morgan fingerprint density at radius 3 is 2.53 bits per heavy atom. The zero-order valence-corrected chi connectivity index (χ0v) is 23.9. The smallest absolute Gasteiger partial charge is 0.241 e. The first kappa shape index (κ1) is 31.5. The van der Waals surface area contributed by atoms with Crippen LogP contribution in [-0.2, 0) is 23.7 Å². The summed E-state index contributed by atoms with van der Waals surface area (Å²) in [6.45, 7) is 14.2. The number of ether oxygens (including phenoxy) is 4. The Bertz CT molecular complexity index is 881. The minimum absolute atomic E-state index is 0.0972. The number of anilines is 1. The fraction of sp³-hybridized carbons (Fsp3) is 0.600. The third-order valence-electron chi connectivity index (χ3n) is 6.47. The van der Waals surface area contributed by atoms with Crippen molar-refractivity contribution in [3.05, 3.63) is 60.3 Å². The molecular weight excluding hydrogens is 482 g/mol. The molecule has 0 spiro atoms. The number of rotatable bonds is 13. The summed E-state index contributed by atoms with van der Waals surface area (Å²) in [4.78, 5) is 21.5. The molecule has 2 aliphatic rings. The molecule has 2 fully saturated rings. The van der Waals surface area contributed by atoms with Crippen molar-refractivity contribution >= 4 is 11.6 Å². The van der Waals surface area contributed by atoms with Gasteiger partial charge in [-0.15, -0.1) is 0 Å². The molecule has 2 saturated heterocycles. The van der Waals surface area contributed by atoms with Gasteiger partial charge < -0.3 is 23.8 Å². The average molecular weight is 530 g/mol. The highest BCUT2D eigenvalue weighted by Gasteiger charge is 2.21. The third kappa shape index (κ3) is 11.0. The van der Waals surface area contributed by atoms with Crippen molar-refractivity contribution in [1.29, 1.82) is 0 Å². The first-order chi connectivity index (χ1) is 18.5. The first-order valence-corrected chi connectivity index (χ1v) is 14.0. The topological polar surface area (TPSA) is 73.4 Å². The van der Waals surface area contributed by atoms with Gasteiger partial charge >= 0.3 is 0 Å². The van der Waals surface area contributed by atoms with Gasteiger partial charge in [0.2, 0.25) is 12.7 Å². The van der Waals surface area contributed by atoms with Crippen molar-refractivity contribution in [1.82, 2.24) is 9.88 Å². The van der Waals surface area contributed by atoms with E-state index in [-0.39, 0.29) is 19.0 Å². The quantitative estimate of drug-likeness (QED) is 0.319. The van der Waals surface area contributed by atoms with E-state index in [1.807, 2.05) is 42.2 Å². The van der Waals surface area contributed by atoms with E-state index in [4.69, 9.17) is 18.9 Å². The average Bonchev–Trinajstić information content (AvgIpc) is 3.65. The number of unbranched alkanes of at least 4 members (excludes halogenated alkanes) is 1. The van der Waals surface area contributed by atoms with Crippen LogP contribution in [0.15, 0.2) is 60.3 Å². The molecule has 0 radical (unpaired) electrons. The van der Waals surface area contributed by atoms with Crippen LogP contribution in [0, 0.1) is 0 Å². The monoisotopic (exact) mass is 529 g/mol. The van der Waals surface area contributed by atoms with Gasteiger partial charge in [-0.1, -0.05) is 39.3 Å². The molecule has 8 nitrogen and oxygen atoms in total. The van der Waals surface area contributed by atoms with Gasteiger partial charge in [0, 0.05) is 25.3 Å². The Morgan fingerprint density at radius 2 is 1.92 bits per heavy atom. The molecule has 1 amide bonds. The normalized spacial score (nSPS) is 18.5. The molecule has 0 unspecified atom stereocenters. The summed E-state index contributed by atoms with van der Waals surface area (Å²) in [7, 11) is 0. The maximum absolute atomic E-state index is 13.2. The van der Waals surface area contributed by atoms with Gasteiger partial charge in [0.1, 0.15) is 0 Å². The summed E-state index contributed by atoms with van der Waals surface area (Å²) in [6.07, 6.45) is 16.4. The highest BCUT2D eigenvalue weighted by atomic mass is 16.7. The maximum Gasteiger partial charge on any atom is 0.241 e. The second kappa shape index (κ2) is 18.6. The summed E-state index contributed by atoms with van der Waals surface area (Å²) < 4.78 is 21.0. The second-order valence-corrected chi connectivity index (χ2v) is 9.22. The lowest BCUT2D eigenvalue weighted by atomic mass is 10.2. The van der Waals surface area contributed by atoms with Crippen LogP contribution in [0.5, 0.6) is 0 Å². The summed E-state index contributed by atoms with van der Waals surface area (Å²) in [5, 5.41) is 0. The van der Waals surface area contributed by atoms with Gasteiger partial charge in [0.05, 0.1) is 31.6 Å². The van der Waals surface area contributed by atoms with Gasteiger partial charge in [0.25, 0.3) is 0 Å². The number of hydrogen-bond acceptors (Lipinski definition) is 7. The molecule has 3 rings (SSSR count). The van der Waals surface area contributed by atoms with Crippen molar-refractivity contribution in [2.24, 2.45) is 0 Å². The molecule has 0 aromatic carbocycles. The zero-order chi connectivity index (χ0) is 27.6. The summed E-state index contributed by atoms with van der Waals surface area (Å²) >= 11 is 0. The van der Waals surface area contributed by atoms with Crippen LogP contribution in [0.25, 0.3) is 0 Å². The third-order valence-corrected chi connectivity index (χ3v) is 6.47. The minimum atomic E-state index is 0.0972. The molecule has 38 heavy (non-hydrogen) atoms. The molecule has 1 atom stereocenters. The lowest BCUT2D eigenvalue weighted by Crippen LogP contribution is -2.44. The Hall–Kier alpha value is -2.68. The van der Waals surface area contributed by atoms with E-state index in [9.17, 15) is 4.79 Å². The van der Waals surface area contributed by atoms with Crippen LogP contribution in [0.1, 0.15) is 66.7 Å². The Balaban J connectivity index is 0.000000624. The number of nitrogens with zero attached hydrogens (tertiary/aromatic N) is 3. The van der Waals surface area contributed by atoms with Gasteiger partial charge in [-0.05, 0) is 63.8 Å². The second-order valence-electron chi connectivity index (χ2n) is 9.22. The molecule has 0 N–H and O–H groups in total. The van der Waals surface area contributed by atoms with E-state index < -0.39 is 0 Å². The van der Waals surface area contributed by atoms with E-state index in [1.165, 1.54) is 0 Å². The van der Waals surface area contributed by atoms with E-state index >= 15 is 0 Å². The van der Waals surface area contributed by atoms with Crippen molar-refractivity contribution in [3.8, 4) is 0 Å². The van der Waals surface area contributed by atoms with Crippen molar-refractivity contribution in [2.75, 3.05) is 44.5 Å². The Morgan fingerprint density at radius 1 is 1.16 bits per heavy atom. The maximum atomic E-state index is 13.2. The predicted molar refractivity (Wildman–Crippen MR) is 151 cm³/mol. The van der Waals surface area contributed by atoms with E-state index in [1.54, 1.807) is 12.4 Å². The Kier molecular flexibility index (Phi) is 15.4. The van der Waals surface area contributed by atoms with Gasteiger partial charge in [-0.2, -0.15) is 0 Å².